The minimum absolute atomic E-state index is 0.138. The van der Waals surface area contributed by atoms with Gasteiger partial charge in [0.1, 0.15) is 0 Å². The Kier molecular flexibility index (Phi) is 7.26. The third-order valence-corrected chi connectivity index (χ3v) is 5.76. The molecule has 3 rings (SSSR count). The minimum atomic E-state index is -0.138. The molecule has 2 aromatic rings. The maximum Gasteiger partial charge on any atom is 0.251 e. The molecule has 2 heterocycles. The summed E-state index contributed by atoms with van der Waals surface area (Å²) in [7, 11) is 0. The first-order valence-corrected chi connectivity index (χ1v) is 10.4. The molecule has 2 amide bonds. The van der Waals surface area contributed by atoms with E-state index in [4.69, 9.17) is 11.6 Å². The number of amides is 2. The predicted molar refractivity (Wildman–Crippen MR) is 109 cm³/mol. The van der Waals surface area contributed by atoms with E-state index in [2.05, 4.69) is 27.7 Å². The van der Waals surface area contributed by atoms with Crippen molar-refractivity contribution in [1.82, 2.24) is 15.1 Å². The number of nitrogens with one attached hydrogen (secondary N) is 1. The van der Waals surface area contributed by atoms with Crippen molar-refractivity contribution >= 4 is 34.8 Å². The summed E-state index contributed by atoms with van der Waals surface area (Å²) in [6.45, 7) is 4.85. The van der Waals surface area contributed by atoms with Crippen LogP contribution < -0.4 is 5.32 Å². The number of carbonyl (C=O) groups excluding carboxylic acids is 2. The topological polar surface area (TPSA) is 52.7 Å². The van der Waals surface area contributed by atoms with Gasteiger partial charge in [0.15, 0.2) is 0 Å². The summed E-state index contributed by atoms with van der Waals surface area (Å²) < 4.78 is 0. The van der Waals surface area contributed by atoms with E-state index in [0.29, 0.717) is 30.0 Å². The normalized spacial score (nSPS) is 14.9. The molecule has 0 bridgehead atoms. The van der Waals surface area contributed by atoms with Crippen molar-refractivity contribution < 1.29 is 9.59 Å². The van der Waals surface area contributed by atoms with Crippen LogP contribution in [-0.2, 0) is 11.3 Å². The fourth-order valence-corrected chi connectivity index (χ4v) is 3.95. The zero-order valence-electron chi connectivity index (χ0n) is 15.2. The van der Waals surface area contributed by atoms with E-state index in [9.17, 15) is 9.59 Å². The molecule has 144 valence electrons. The molecule has 1 saturated heterocycles. The smallest absolute Gasteiger partial charge is 0.251 e. The first-order chi connectivity index (χ1) is 13.1. The standard InChI is InChI=1S/C20H24ClN3O2S/c21-17-7-5-16(6-8-17)20(26)22-9-1-4-19(25)24-12-10-23(11-13-24)15-18-3-2-14-27-18/h2-3,5-8,14H,1,4,9-13,15H2,(H,22,26). The highest BCUT2D eigenvalue weighted by Gasteiger charge is 2.20. The van der Waals surface area contributed by atoms with Crippen LogP contribution in [0.2, 0.25) is 5.02 Å². The minimum Gasteiger partial charge on any atom is -0.352 e. The van der Waals surface area contributed by atoms with Crippen molar-refractivity contribution in [2.45, 2.75) is 19.4 Å². The number of rotatable bonds is 7. The van der Waals surface area contributed by atoms with Crippen molar-refractivity contribution in [3.8, 4) is 0 Å². The second kappa shape index (κ2) is 9.88. The zero-order chi connectivity index (χ0) is 19.1. The van der Waals surface area contributed by atoms with Gasteiger partial charge in [0, 0.05) is 61.2 Å². The molecule has 1 aromatic heterocycles. The Labute approximate surface area is 168 Å². The summed E-state index contributed by atoms with van der Waals surface area (Å²) in [6, 6.07) is 11.0. The van der Waals surface area contributed by atoms with Gasteiger partial charge in [0.25, 0.3) is 5.91 Å². The van der Waals surface area contributed by atoms with Crippen LogP contribution in [0.15, 0.2) is 41.8 Å². The van der Waals surface area contributed by atoms with Crippen LogP contribution in [-0.4, -0.2) is 54.3 Å². The van der Waals surface area contributed by atoms with E-state index in [1.807, 2.05) is 4.90 Å². The Morgan fingerprint density at radius 2 is 1.81 bits per heavy atom. The first kappa shape index (κ1) is 19.9. The van der Waals surface area contributed by atoms with Crippen LogP contribution in [0.5, 0.6) is 0 Å². The van der Waals surface area contributed by atoms with Gasteiger partial charge in [-0.2, -0.15) is 0 Å². The molecule has 1 N–H and O–H groups in total. The lowest BCUT2D eigenvalue weighted by atomic mass is 10.2. The maximum atomic E-state index is 12.4. The number of hydrogen-bond donors (Lipinski definition) is 1. The summed E-state index contributed by atoms with van der Waals surface area (Å²) in [5, 5.41) is 5.55. The molecule has 0 spiro atoms. The molecule has 5 nitrogen and oxygen atoms in total. The summed E-state index contributed by atoms with van der Waals surface area (Å²) in [5.74, 6) is 0.0350. The van der Waals surface area contributed by atoms with Gasteiger partial charge < -0.3 is 10.2 Å². The van der Waals surface area contributed by atoms with Crippen LogP contribution in [0.3, 0.4) is 0 Å². The highest BCUT2D eigenvalue weighted by Crippen LogP contribution is 2.14. The van der Waals surface area contributed by atoms with E-state index >= 15 is 0 Å². The van der Waals surface area contributed by atoms with Gasteiger partial charge in [0.05, 0.1) is 0 Å². The monoisotopic (exact) mass is 405 g/mol. The highest BCUT2D eigenvalue weighted by atomic mass is 35.5. The molecule has 0 aliphatic carbocycles. The fourth-order valence-electron chi connectivity index (χ4n) is 3.08. The number of nitrogens with zero attached hydrogens (tertiary/aromatic N) is 2. The highest BCUT2D eigenvalue weighted by molar-refractivity contribution is 7.09. The molecule has 1 aromatic carbocycles. The number of hydrogen-bond acceptors (Lipinski definition) is 4. The summed E-state index contributed by atoms with van der Waals surface area (Å²) >= 11 is 7.59. The van der Waals surface area contributed by atoms with Crippen LogP contribution >= 0.6 is 22.9 Å². The molecule has 0 unspecified atom stereocenters. The molecule has 0 atom stereocenters. The van der Waals surface area contributed by atoms with Gasteiger partial charge in [-0.05, 0) is 42.1 Å². The van der Waals surface area contributed by atoms with Crippen molar-refractivity contribution in [3.05, 3.63) is 57.2 Å². The van der Waals surface area contributed by atoms with E-state index in [1.165, 1.54) is 4.88 Å². The Hall–Kier alpha value is -1.89. The largest absolute Gasteiger partial charge is 0.352 e. The van der Waals surface area contributed by atoms with Crippen molar-refractivity contribution in [2.24, 2.45) is 0 Å². The van der Waals surface area contributed by atoms with Crippen LogP contribution in [0.25, 0.3) is 0 Å². The van der Waals surface area contributed by atoms with Gasteiger partial charge in [-0.25, -0.2) is 0 Å². The summed E-state index contributed by atoms with van der Waals surface area (Å²) in [6.07, 6.45) is 1.11. The quantitative estimate of drug-likeness (QED) is 0.719. The SMILES string of the molecule is O=C(NCCCC(=O)N1CCN(Cc2cccs2)CC1)c1ccc(Cl)cc1. The van der Waals surface area contributed by atoms with Crippen LogP contribution in [0.1, 0.15) is 28.1 Å². The van der Waals surface area contributed by atoms with Crippen molar-refractivity contribution in [2.75, 3.05) is 32.7 Å². The Morgan fingerprint density at radius 1 is 1.07 bits per heavy atom. The number of halogens is 1. The lowest BCUT2D eigenvalue weighted by molar-refractivity contribution is -0.133. The Balaban J connectivity index is 1.31. The van der Waals surface area contributed by atoms with E-state index < -0.39 is 0 Å². The van der Waals surface area contributed by atoms with Crippen molar-refractivity contribution in [3.63, 3.8) is 0 Å². The lowest BCUT2D eigenvalue weighted by Crippen LogP contribution is -2.48. The molecule has 1 fully saturated rings. The molecule has 1 aliphatic heterocycles. The second-order valence-corrected chi connectivity index (χ2v) is 8.07. The molecule has 1 aliphatic rings. The third-order valence-electron chi connectivity index (χ3n) is 4.64. The lowest BCUT2D eigenvalue weighted by Gasteiger charge is -2.34. The fraction of sp³-hybridized carbons (Fsp3) is 0.400. The molecular formula is C20H24ClN3O2S. The van der Waals surface area contributed by atoms with Gasteiger partial charge in [-0.1, -0.05) is 17.7 Å². The van der Waals surface area contributed by atoms with Crippen molar-refractivity contribution in [1.29, 1.82) is 0 Å². The Bertz CT molecular complexity index is 741. The van der Waals surface area contributed by atoms with Gasteiger partial charge in [0.2, 0.25) is 5.91 Å². The third kappa shape index (κ3) is 6.06. The molecule has 7 heteroatoms. The van der Waals surface area contributed by atoms with E-state index in [1.54, 1.807) is 35.6 Å². The predicted octanol–water partition coefficient (Wildman–Crippen LogP) is 3.26. The van der Waals surface area contributed by atoms with Crippen LogP contribution in [0, 0.1) is 0 Å². The van der Waals surface area contributed by atoms with Gasteiger partial charge in [-0.15, -0.1) is 11.3 Å². The van der Waals surface area contributed by atoms with Crippen LogP contribution in [0.4, 0.5) is 0 Å². The first-order valence-electron chi connectivity index (χ1n) is 9.18. The van der Waals surface area contributed by atoms with Gasteiger partial charge in [-0.3, -0.25) is 14.5 Å². The van der Waals surface area contributed by atoms with E-state index in [0.717, 1.165) is 32.7 Å². The zero-order valence-corrected chi connectivity index (χ0v) is 16.8. The molecule has 0 saturated carbocycles. The molecule has 27 heavy (non-hydrogen) atoms. The number of piperazine rings is 1. The van der Waals surface area contributed by atoms with Gasteiger partial charge >= 0.3 is 0 Å². The molecule has 0 radical (unpaired) electrons. The maximum absolute atomic E-state index is 12.4. The number of thiophene rings is 1. The summed E-state index contributed by atoms with van der Waals surface area (Å²) in [4.78, 5) is 30.1. The Morgan fingerprint density at radius 3 is 2.48 bits per heavy atom. The molecular weight excluding hydrogens is 382 g/mol. The number of carbonyl (C=O) groups is 2. The summed E-state index contributed by atoms with van der Waals surface area (Å²) in [5.41, 5.74) is 0.576. The van der Waals surface area contributed by atoms with E-state index in [-0.39, 0.29) is 11.8 Å². The second-order valence-electron chi connectivity index (χ2n) is 6.60. The average molecular weight is 406 g/mol. The number of benzene rings is 1. The average Bonchev–Trinajstić information content (AvgIpc) is 3.19.